The van der Waals surface area contributed by atoms with Gasteiger partial charge in [0, 0.05) is 24.8 Å². The van der Waals surface area contributed by atoms with Gasteiger partial charge >= 0.3 is 0 Å². The van der Waals surface area contributed by atoms with E-state index in [4.69, 9.17) is 10.5 Å². The van der Waals surface area contributed by atoms with E-state index in [1.807, 2.05) is 0 Å². The maximum atomic E-state index is 11.7. The fraction of sp³-hybridized carbons (Fsp3) is 0.533. The first-order valence-electron chi connectivity index (χ1n) is 7.21. The van der Waals surface area contributed by atoms with Crippen LogP contribution in [0.1, 0.15) is 19.3 Å². The second-order valence-corrected chi connectivity index (χ2v) is 5.11. The van der Waals surface area contributed by atoms with Crippen molar-refractivity contribution in [3.05, 3.63) is 24.3 Å². The van der Waals surface area contributed by atoms with Crippen molar-refractivity contribution in [1.29, 1.82) is 0 Å². The predicted molar refractivity (Wildman–Crippen MR) is 79.7 cm³/mol. The fourth-order valence-corrected chi connectivity index (χ4v) is 2.34. The molecule has 1 amide bonds. The Hall–Kier alpha value is -1.75. The van der Waals surface area contributed by atoms with Crippen LogP contribution in [0.4, 0.5) is 5.69 Å². The summed E-state index contributed by atoms with van der Waals surface area (Å²) in [5, 5.41) is 2.88. The molecule has 1 heterocycles. The molecule has 5 nitrogen and oxygen atoms in total. The maximum Gasteiger partial charge on any atom is 0.257 e. The summed E-state index contributed by atoms with van der Waals surface area (Å²) in [7, 11) is 0. The first kappa shape index (κ1) is 14.7. The lowest BCUT2D eigenvalue weighted by Crippen LogP contribution is -2.39. The molecule has 0 radical (unpaired) electrons. The second-order valence-electron chi connectivity index (χ2n) is 5.11. The largest absolute Gasteiger partial charge is 0.484 e. The summed E-state index contributed by atoms with van der Waals surface area (Å²) in [6.07, 6.45) is 3.87. The van der Waals surface area contributed by atoms with Crippen LogP contribution in [0, 0.1) is 0 Å². The van der Waals surface area contributed by atoms with Crippen LogP contribution >= 0.6 is 0 Å². The average molecular weight is 277 g/mol. The number of anilines is 1. The standard InChI is InChI=1S/C15H23N3O2/c16-13-5-4-6-14(11-13)20-12-15(19)17-7-10-18-8-2-1-3-9-18/h4-6,11H,1-3,7-10,12,16H2,(H,17,19). The summed E-state index contributed by atoms with van der Waals surface area (Å²) in [6, 6.07) is 7.09. The van der Waals surface area contributed by atoms with Crippen molar-refractivity contribution in [2.24, 2.45) is 0 Å². The first-order chi connectivity index (χ1) is 9.74. The number of hydrogen-bond acceptors (Lipinski definition) is 4. The number of nitrogens with one attached hydrogen (secondary N) is 1. The number of benzene rings is 1. The molecule has 1 aromatic rings. The Bertz CT molecular complexity index is 431. The minimum absolute atomic E-state index is 0.0312. The van der Waals surface area contributed by atoms with E-state index in [-0.39, 0.29) is 12.5 Å². The smallest absolute Gasteiger partial charge is 0.257 e. The molecule has 1 saturated heterocycles. The summed E-state index contributed by atoms with van der Waals surface area (Å²) < 4.78 is 5.39. The van der Waals surface area contributed by atoms with Gasteiger partial charge in [-0.15, -0.1) is 0 Å². The molecule has 1 fully saturated rings. The monoisotopic (exact) mass is 277 g/mol. The molecule has 1 aromatic carbocycles. The summed E-state index contributed by atoms with van der Waals surface area (Å²) in [6.45, 7) is 3.93. The van der Waals surface area contributed by atoms with E-state index in [1.165, 1.54) is 19.3 Å². The van der Waals surface area contributed by atoms with Gasteiger partial charge in [-0.3, -0.25) is 4.79 Å². The Morgan fingerprint density at radius 2 is 2.10 bits per heavy atom. The number of piperidine rings is 1. The van der Waals surface area contributed by atoms with Crippen molar-refractivity contribution in [2.45, 2.75) is 19.3 Å². The highest BCUT2D eigenvalue weighted by Crippen LogP contribution is 2.14. The number of amides is 1. The van der Waals surface area contributed by atoms with Gasteiger partial charge in [-0.25, -0.2) is 0 Å². The lowest BCUT2D eigenvalue weighted by molar-refractivity contribution is -0.123. The molecule has 0 unspecified atom stereocenters. The van der Waals surface area contributed by atoms with Crippen LogP contribution in [0.5, 0.6) is 5.75 Å². The van der Waals surface area contributed by atoms with Crippen molar-refractivity contribution in [2.75, 3.05) is 38.5 Å². The number of nitrogens with two attached hydrogens (primary N) is 1. The predicted octanol–water partition coefficient (Wildman–Crippen LogP) is 1.25. The molecule has 0 aliphatic carbocycles. The average Bonchev–Trinajstić information content (AvgIpc) is 2.46. The van der Waals surface area contributed by atoms with Crippen molar-refractivity contribution in [3.63, 3.8) is 0 Å². The number of hydrogen-bond donors (Lipinski definition) is 2. The molecule has 110 valence electrons. The van der Waals surface area contributed by atoms with Crippen molar-refractivity contribution in [1.82, 2.24) is 10.2 Å². The van der Waals surface area contributed by atoms with E-state index in [0.29, 0.717) is 18.0 Å². The first-order valence-corrected chi connectivity index (χ1v) is 7.21. The van der Waals surface area contributed by atoms with E-state index in [9.17, 15) is 4.79 Å². The number of ether oxygens (including phenoxy) is 1. The Labute approximate surface area is 120 Å². The summed E-state index contributed by atoms with van der Waals surface area (Å²) in [5.74, 6) is 0.528. The summed E-state index contributed by atoms with van der Waals surface area (Å²) in [4.78, 5) is 14.0. The highest BCUT2D eigenvalue weighted by Gasteiger charge is 2.10. The van der Waals surface area contributed by atoms with Crippen molar-refractivity contribution in [3.8, 4) is 5.75 Å². The van der Waals surface area contributed by atoms with Gasteiger partial charge < -0.3 is 20.7 Å². The Balaban J connectivity index is 1.60. The normalized spacial score (nSPS) is 15.8. The lowest BCUT2D eigenvalue weighted by atomic mass is 10.1. The van der Waals surface area contributed by atoms with Crippen LogP contribution < -0.4 is 15.8 Å². The third-order valence-corrected chi connectivity index (χ3v) is 3.43. The molecule has 1 aliphatic rings. The number of nitrogen functional groups attached to an aromatic ring is 1. The van der Waals surface area contributed by atoms with Crippen molar-refractivity contribution < 1.29 is 9.53 Å². The van der Waals surface area contributed by atoms with Crippen LogP contribution in [0.25, 0.3) is 0 Å². The zero-order valence-corrected chi connectivity index (χ0v) is 11.8. The fourth-order valence-electron chi connectivity index (χ4n) is 2.34. The molecular formula is C15H23N3O2. The Kier molecular flexibility index (Phi) is 5.68. The molecule has 20 heavy (non-hydrogen) atoms. The lowest BCUT2D eigenvalue weighted by Gasteiger charge is -2.26. The highest BCUT2D eigenvalue weighted by atomic mass is 16.5. The van der Waals surface area contributed by atoms with Crippen molar-refractivity contribution >= 4 is 11.6 Å². The number of nitrogens with zero attached hydrogens (tertiary/aromatic N) is 1. The van der Waals surface area contributed by atoms with Crippen LogP contribution in [-0.4, -0.2) is 43.6 Å². The van der Waals surface area contributed by atoms with Gasteiger partial charge in [0.15, 0.2) is 6.61 Å². The minimum Gasteiger partial charge on any atom is -0.484 e. The zero-order valence-electron chi connectivity index (χ0n) is 11.8. The van der Waals surface area contributed by atoms with Gasteiger partial charge in [0.2, 0.25) is 0 Å². The number of rotatable bonds is 6. The molecular weight excluding hydrogens is 254 g/mol. The van der Waals surface area contributed by atoms with Crippen LogP contribution in [0.3, 0.4) is 0 Å². The quantitative estimate of drug-likeness (QED) is 0.768. The molecule has 5 heteroatoms. The Morgan fingerprint density at radius 3 is 2.85 bits per heavy atom. The Morgan fingerprint density at radius 1 is 1.30 bits per heavy atom. The zero-order chi connectivity index (χ0) is 14.2. The van der Waals surface area contributed by atoms with E-state index in [1.54, 1.807) is 24.3 Å². The molecule has 1 aliphatic heterocycles. The van der Waals surface area contributed by atoms with Gasteiger partial charge in [-0.05, 0) is 38.1 Å². The molecule has 0 bridgehead atoms. The second kappa shape index (κ2) is 7.75. The summed E-state index contributed by atoms with van der Waals surface area (Å²) >= 11 is 0. The van der Waals surface area contributed by atoms with E-state index >= 15 is 0 Å². The molecule has 3 N–H and O–H groups in total. The molecule has 0 saturated carbocycles. The van der Waals surface area contributed by atoms with Gasteiger partial charge in [-0.2, -0.15) is 0 Å². The maximum absolute atomic E-state index is 11.7. The van der Waals surface area contributed by atoms with Gasteiger partial charge in [0.1, 0.15) is 5.75 Å². The minimum atomic E-state index is -0.0931. The number of carbonyl (C=O) groups excluding carboxylic acids is 1. The van der Waals surface area contributed by atoms with E-state index in [0.717, 1.165) is 19.6 Å². The molecule has 2 rings (SSSR count). The van der Waals surface area contributed by atoms with Gasteiger partial charge in [-0.1, -0.05) is 12.5 Å². The molecule has 0 spiro atoms. The van der Waals surface area contributed by atoms with Crippen LogP contribution in [0.15, 0.2) is 24.3 Å². The van der Waals surface area contributed by atoms with Crippen LogP contribution in [0.2, 0.25) is 0 Å². The van der Waals surface area contributed by atoms with Crippen LogP contribution in [-0.2, 0) is 4.79 Å². The third kappa shape index (κ3) is 5.09. The topological polar surface area (TPSA) is 67.6 Å². The van der Waals surface area contributed by atoms with E-state index in [2.05, 4.69) is 10.2 Å². The summed E-state index contributed by atoms with van der Waals surface area (Å²) in [5.41, 5.74) is 6.27. The third-order valence-electron chi connectivity index (χ3n) is 3.43. The molecule has 0 atom stereocenters. The number of carbonyl (C=O) groups is 1. The van der Waals surface area contributed by atoms with E-state index < -0.39 is 0 Å². The van der Waals surface area contributed by atoms with Gasteiger partial charge in [0.05, 0.1) is 0 Å². The number of likely N-dealkylation sites (tertiary alicyclic amines) is 1. The highest BCUT2D eigenvalue weighted by molar-refractivity contribution is 5.77. The van der Waals surface area contributed by atoms with Gasteiger partial charge in [0.25, 0.3) is 5.91 Å². The SMILES string of the molecule is Nc1cccc(OCC(=O)NCCN2CCCCC2)c1. The molecule has 0 aromatic heterocycles.